The molecule has 6 rings (SSSR count). The maximum absolute atomic E-state index is 14.9. The Bertz CT molecular complexity index is 898. The third-order valence-electron chi connectivity index (χ3n) is 7.26. The molecule has 186 valence electrons. The predicted octanol–water partition coefficient (Wildman–Crippen LogP) is 4.73. The fraction of sp³-hybridized carbons (Fsp3) is 0.680. The van der Waals surface area contributed by atoms with Gasteiger partial charge in [-0.2, -0.15) is 0 Å². The van der Waals surface area contributed by atoms with Gasteiger partial charge < -0.3 is 19.1 Å². The van der Waals surface area contributed by atoms with Gasteiger partial charge in [-0.1, -0.05) is 13.8 Å². The van der Waals surface area contributed by atoms with Crippen molar-refractivity contribution in [3.8, 4) is 0 Å². The van der Waals surface area contributed by atoms with Crippen LogP contribution in [0.25, 0.3) is 0 Å². The van der Waals surface area contributed by atoms with Gasteiger partial charge in [-0.25, -0.2) is 14.0 Å². The zero-order chi connectivity index (χ0) is 23.8. The molecule has 5 fully saturated rings. The van der Waals surface area contributed by atoms with Crippen LogP contribution in [0.5, 0.6) is 0 Å². The zero-order valence-corrected chi connectivity index (χ0v) is 19.9. The SMILES string of the molecule is CC(C)COC(=O)Nc1ccc(N2CCCC(OC(=O)N3C4CC5CC(C4)OC3C5)C2)c(F)c1. The van der Waals surface area contributed by atoms with Crippen LogP contribution >= 0.6 is 0 Å². The van der Waals surface area contributed by atoms with Crippen LogP contribution < -0.4 is 10.2 Å². The number of hydrogen-bond donors (Lipinski definition) is 1. The third kappa shape index (κ3) is 4.94. The van der Waals surface area contributed by atoms with E-state index in [0.717, 1.165) is 38.5 Å². The van der Waals surface area contributed by atoms with Crippen molar-refractivity contribution in [1.29, 1.82) is 0 Å². The standard InChI is InChI=1S/C25H34FN3O5/c1-15(2)14-32-24(30)27-17-5-6-22(21(26)11-17)28-7-3-4-19(13-28)34-25(31)29-18-8-16-9-20(12-18)33-23(29)10-16/h5-6,11,15-16,18-20,23H,3-4,7-10,12-14H2,1-2H3,(H,27,30). The summed E-state index contributed by atoms with van der Waals surface area (Å²) in [5.41, 5.74) is 0.768. The topological polar surface area (TPSA) is 80.3 Å². The molecule has 0 radical (unpaired) electrons. The molecule has 4 heterocycles. The number of carbonyl (C=O) groups is 2. The van der Waals surface area contributed by atoms with Gasteiger partial charge in [-0.05, 0) is 68.6 Å². The largest absolute Gasteiger partial charge is 0.449 e. The van der Waals surface area contributed by atoms with E-state index >= 15 is 0 Å². The number of carbonyl (C=O) groups excluding carboxylic acids is 2. The van der Waals surface area contributed by atoms with Crippen molar-refractivity contribution in [3.05, 3.63) is 24.0 Å². The van der Waals surface area contributed by atoms with E-state index in [2.05, 4.69) is 5.32 Å². The smallest absolute Gasteiger partial charge is 0.412 e. The minimum Gasteiger partial charge on any atom is -0.449 e. The lowest BCUT2D eigenvalue weighted by atomic mass is 9.75. The monoisotopic (exact) mass is 475 g/mol. The summed E-state index contributed by atoms with van der Waals surface area (Å²) in [7, 11) is 0. The minimum atomic E-state index is -0.602. The molecular formula is C25H34FN3O5. The van der Waals surface area contributed by atoms with Crippen molar-refractivity contribution in [2.45, 2.75) is 76.9 Å². The van der Waals surface area contributed by atoms with Gasteiger partial charge in [0, 0.05) is 18.3 Å². The highest BCUT2D eigenvalue weighted by molar-refractivity contribution is 5.85. The van der Waals surface area contributed by atoms with Crippen LogP contribution in [0.4, 0.5) is 25.4 Å². The van der Waals surface area contributed by atoms with Gasteiger partial charge in [0.05, 0.1) is 24.9 Å². The molecule has 4 saturated heterocycles. The molecule has 1 aromatic carbocycles. The van der Waals surface area contributed by atoms with Crippen molar-refractivity contribution in [2.75, 3.05) is 29.9 Å². The molecule has 5 unspecified atom stereocenters. The molecule has 1 aliphatic carbocycles. The number of halogens is 1. The second-order valence-electron chi connectivity index (χ2n) is 10.5. The number of anilines is 2. The van der Waals surface area contributed by atoms with Crippen molar-refractivity contribution < 1.29 is 28.2 Å². The van der Waals surface area contributed by atoms with E-state index in [9.17, 15) is 14.0 Å². The first-order valence-electron chi connectivity index (χ1n) is 12.5. The molecule has 1 aromatic rings. The van der Waals surface area contributed by atoms with Crippen LogP contribution in [-0.4, -0.2) is 61.3 Å². The molecule has 9 heteroatoms. The minimum absolute atomic E-state index is 0.159. The first-order valence-corrected chi connectivity index (χ1v) is 12.5. The Morgan fingerprint density at radius 3 is 2.82 bits per heavy atom. The number of nitrogens with zero attached hydrogens (tertiary/aromatic N) is 2. The highest BCUT2D eigenvalue weighted by Gasteiger charge is 2.50. The Hall–Kier alpha value is -2.55. The summed E-state index contributed by atoms with van der Waals surface area (Å²) < 4.78 is 31.9. The molecule has 5 atom stereocenters. The maximum atomic E-state index is 14.9. The summed E-state index contributed by atoms with van der Waals surface area (Å²) in [6.45, 7) is 5.29. The first kappa shape index (κ1) is 23.2. The van der Waals surface area contributed by atoms with Gasteiger partial charge in [0.25, 0.3) is 0 Å². The Morgan fingerprint density at radius 1 is 1.24 bits per heavy atom. The van der Waals surface area contributed by atoms with Gasteiger partial charge in [-0.3, -0.25) is 10.2 Å². The lowest BCUT2D eigenvalue weighted by Gasteiger charge is -2.55. The first-order chi connectivity index (χ1) is 16.4. The number of amides is 2. The zero-order valence-electron chi connectivity index (χ0n) is 19.9. The summed E-state index contributed by atoms with van der Waals surface area (Å²) >= 11 is 0. The molecule has 8 nitrogen and oxygen atoms in total. The lowest BCUT2D eigenvalue weighted by Crippen LogP contribution is -2.63. The third-order valence-corrected chi connectivity index (χ3v) is 7.26. The van der Waals surface area contributed by atoms with Crippen LogP contribution in [0.1, 0.15) is 52.4 Å². The van der Waals surface area contributed by atoms with Crippen LogP contribution in [0.2, 0.25) is 0 Å². The Kier molecular flexibility index (Phi) is 6.55. The number of nitrogens with one attached hydrogen (secondary N) is 1. The molecule has 1 saturated carbocycles. The van der Waals surface area contributed by atoms with E-state index in [-0.39, 0.29) is 36.5 Å². The molecule has 2 amide bonds. The van der Waals surface area contributed by atoms with Gasteiger partial charge in [-0.15, -0.1) is 0 Å². The molecule has 5 aliphatic rings. The van der Waals surface area contributed by atoms with E-state index in [0.29, 0.717) is 37.0 Å². The van der Waals surface area contributed by atoms with E-state index in [4.69, 9.17) is 14.2 Å². The highest BCUT2D eigenvalue weighted by atomic mass is 19.1. The number of rotatable bonds is 5. The average molecular weight is 476 g/mol. The van der Waals surface area contributed by atoms with Crippen molar-refractivity contribution in [2.24, 2.45) is 11.8 Å². The van der Waals surface area contributed by atoms with Gasteiger partial charge in [0.2, 0.25) is 0 Å². The van der Waals surface area contributed by atoms with Crippen LogP contribution in [0.3, 0.4) is 0 Å². The number of hydrogen-bond acceptors (Lipinski definition) is 6. The molecule has 34 heavy (non-hydrogen) atoms. The normalized spacial score (nSPS) is 29.9. The quantitative estimate of drug-likeness (QED) is 0.663. The van der Waals surface area contributed by atoms with Gasteiger partial charge in [0.1, 0.15) is 18.1 Å². The fourth-order valence-electron chi connectivity index (χ4n) is 5.82. The summed E-state index contributed by atoms with van der Waals surface area (Å²) in [4.78, 5) is 28.6. The van der Waals surface area contributed by atoms with E-state index in [1.165, 1.54) is 6.07 Å². The van der Waals surface area contributed by atoms with Crippen molar-refractivity contribution in [1.82, 2.24) is 4.90 Å². The van der Waals surface area contributed by atoms with Crippen molar-refractivity contribution in [3.63, 3.8) is 0 Å². The molecular weight excluding hydrogens is 441 g/mol. The number of ether oxygens (including phenoxy) is 3. The van der Waals surface area contributed by atoms with E-state index in [1.54, 1.807) is 12.1 Å². The molecule has 4 bridgehead atoms. The number of benzene rings is 1. The summed E-state index contributed by atoms with van der Waals surface area (Å²) in [5, 5.41) is 2.56. The van der Waals surface area contributed by atoms with Crippen LogP contribution in [0.15, 0.2) is 18.2 Å². The fourth-order valence-corrected chi connectivity index (χ4v) is 5.82. The Labute approximate surface area is 199 Å². The molecule has 0 spiro atoms. The number of piperidine rings is 2. The molecule has 0 aromatic heterocycles. The second kappa shape index (κ2) is 9.60. The summed E-state index contributed by atoms with van der Waals surface area (Å²) in [6.07, 6.45) is 4.42. The highest BCUT2D eigenvalue weighted by Crippen LogP contribution is 2.45. The molecule has 1 N–H and O–H groups in total. The second-order valence-corrected chi connectivity index (χ2v) is 10.5. The van der Waals surface area contributed by atoms with Gasteiger partial charge in [0.15, 0.2) is 0 Å². The predicted molar refractivity (Wildman–Crippen MR) is 124 cm³/mol. The van der Waals surface area contributed by atoms with Gasteiger partial charge >= 0.3 is 12.2 Å². The average Bonchev–Trinajstić information content (AvgIpc) is 2.77. The lowest BCUT2D eigenvalue weighted by molar-refractivity contribution is -0.220. The van der Waals surface area contributed by atoms with E-state index < -0.39 is 11.9 Å². The van der Waals surface area contributed by atoms with E-state index in [1.807, 2.05) is 23.6 Å². The summed E-state index contributed by atoms with van der Waals surface area (Å²) in [5.74, 6) is 0.444. The summed E-state index contributed by atoms with van der Waals surface area (Å²) in [6, 6.07) is 4.81. The maximum Gasteiger partial charge on any atom is 0.412 e. The van der Waals surface area contributed by atoms with Crippen LogP contribution in [-0.2, 0) is 14.2 Å². The Morgan fingerprint density at radius 2 is 2.09 bits per heavy atom. The Balaban J connectivity index is 1.17. The van der Waals surface area contributed by atoms with Crippen LogP contribution in [0, 0.1) is 17.7 Å². The molecule has 4 aliphatic heterocycles. The van der Waals surface area contributed by atoms with Crippen molar-refractivity contribution >= 4 is 23.6 Å².